The van der Waals surface area contributed by atoms with Crippen LogP contribution >= 0.6 is 0 Å². The third kappa shape index (κ3) is 2.70. The number of carbonyl (C=O) groups excluding carboxylic acids is 1. The molecule has 6 heteroatoms. The Labute approximate surface area is 127 Å². The number of rotatable bonds is 7. The van der Waals surface area contributed by atoms with Crippen LogP contribution in [0, 0.1) is 11.3 Å². The molecule has 0 aromatic carbocycles. The molecule has 2 rings (SSSR count). The molecular weight excluding hydrogens is 270 g/mol. The second-order valence-corrected chi connectivity index (χ2v) is 6.83. The Balaban J connectivity index is 1.83. The number of methoxy groups -OCH3 is 1. The standard InChI is InChI=1S/C15H29N3O3/c1-14(2)12-11(5-9-21-12)15(14,16)13(19)17-6-7-18(3)8-10-20-4/h11-12H,5-10,16H2,1-4H3,(H,17,19). The first-order valence-electron chi connectivity index (χ1n) is 7.72. The lowest BCUT2D eigenvalue weighted by molar-refractivity contribution is -0.175. The van der Waals surface area contributed by atoms with Crippen molar-refractivity contribution < 1.29 is 14.3 Å². The fourth-order valence-corrected chi connectivity index (χ4v) is 3.71. The summed E-state index contributed by atoms with van der Waals surface area (Å²) >= 11 is 0. The summed E-state index contributed by atoms with van der Waals surface area (Å²) in [6, 6.07) is 0. The number of likely N-dealkylation sites (N-methyl/N-ethyl adjacent to an activating group) is 1. The molecule has 122 valence electrons. The normalized spacial score (nSPS) is 33.6. The first kappa shape index (κ1) is 16.7. The molecule has 21 heavy (non-hydrogen) atoms. The molecule has 0 aromatic rings. The maximum atomic E-state index is 12.6. The molecule has 0 radical (unpaired) electrons. The minimum Gasteiger partial charge on any atom is -0.383 e. The quantitative estimate of drug-likeness (QED) is 0.682. The van der Waals surface area contributed by atoms with Crippen molar-refractivity contribution in [3.8, 4) is 0 Å². The van der Waals surface area contributed by atoms with Crippen LogP contribution in [0.15, 0.2) is 0 Å². The first-order chi connectivity index (χ1) is 9.85. The zero-order valence-corrected chi connectivity index (χ0v) is 13.6. The van der Waals surface area contributed by atoms with Crippen molar-refractivity contribution in [2.75, 3.05) is 47.0 Å². The van der Waals surface area contributed by atoms with Gasteiger partial charge < -0.3 is 25.4 Å². The minimum absolute atomic E-state index is 0.0422. The zero-order valence-electron chi connectivity index (χ0n) is 13.6. The van der Waals surface area contributed by atoms with E-state index in [1.54, 1.807) is 7.11 Å². The highest BCUT2D eigenvalue weighted by atomic mass is 16.5. The molecule has 1 aliphatic carbocycles. The fraction of sp³-hybridized carbons (Fsp3) is 0.933. The molecule has 6 nitrogen and oxygen atoms in total. The number of hydrogen-bond acceptors (Lipinski definition) is 5. The van der Waals surface area contributed by atoms with Gasteiger partial charge in [-0.25, -0.2) is 0 Å². The Morgan fingerprint density at radius 2 is 2.19 bits per heavy atom. The number of hydrogen-bond donors (Lipinski definition) is 2. The van der Waals surface area contributed by atoms with Crippen molar-refractivity contribution in [2.45, 2.75) is 31.9 Å². The van der Waals surface area contributed by atoms with Gasteiger partial charge in [0, 0.05) is 44.7 Å². The highest BCUT2D eigenvalue weighted by molar-refractivity contribution is 5.89. The monoisotopic (exact) mass is 299 g/mol. The van der Waals surface area contributed by atoms with Crippen LogP contribution in [0.2, 0.25) is 0 Å². The minimum atomic E-state index is -0.806. The molecule has 2 fully saturated rings. The van der Waals surface area contributed by atoms with E-state index < -0.39 is 5.54 Å². The second-order valence-electron chi connectivity index (χ2n) is 6.83. The van der Waals surface area contributed by atoms with Crippen molar-refractivity contribution in [3.63, 3.8) is 0 Å². The third-order valence-corrected chi connectivity index (χ3v) is 5.29. The van der Waals surface area contributed by atoms with Crippen LogP contribution in [0.25, 0.3) is 0 Å². The molecule has 1 amide bonds. The molecule has 1 aliphatic heterocycles. The number of ether oxygens (including phenoxy) is 2. The largest absolute Gasteiger partial charge is 0.383 e. The SMILES string of the molecule is COCCN(C)CCNC(=O)C1(N)C2CCOC2C1(C)C. The summed E-state index contributed by atoms with van der Waals surface area (Å²) in [5.41, 5.74) is 5.37. The summed E-state index contributed by atoms with van der Waals surface area (Å²) in [7, 11) is 3.70. The third-order valence-electron chi connectivity index (χ3n) is 5.29. The van der Waals surface area contributed by atoms with Crippen molar-refractivity contribution in [1.29, 1.82) is 0 Å². The highest BCUT2D eigenvalue weighted by Gasteiger charge is 2.71. The Hall–Kier alpha value is -0.690. The number of nitrogens with zero attached hydrogens (tertiary/aromatic N) is 1. The fourth-order valence-electron chi connectivity index (χ4n) is 3.71. The average Bonchev–Trinajstić information content (AvgIpc) is 2.92. The second kappa shape index (κ2) is 6.20. The molecule has 0 bridgehead atoms. The average molecular weight is 299 g/mol. The Bertz CT molecular complexity index is 388. The van der Waals surface area contributed by atoms with Crippen molar-refractivity contribution in [2.24, 2.45) is 17.1 Å². The van der Waals surface area contributed by atoms with Crippen molar-refractivity contribution in [3.05, 3.63) is 0 Å². The van der Waals surface area contributed by atoms with Crippen LogP contribution in [0.4, 0.5) is 0 Å². The number of fused-ring (bicyclic) bond motifs is 1. The van der Waals surface area contributed by atoms with Crippen molar-refractivity contribution in [1.82, 2.24) is 10.2 Å². The van der Waals surface area contributed by atoms with Gasteiger partial charge in [0.1, 0.15) is 5.54 Å². The molecule has 1 saturated carbocycles. The summed E-state index contributed by atoms with van der Waals surface area (Å²) < 4.78 is 10.8. The lowest BCUT2D eigenvalue weighted by atomic mass is 9.48. The maximum Gasteiger partial charge on any atom is 0.241 e. The number of carbonyl (C=O) groups is 1. The van der Waals surface area contributed by atoms with Gasteiger partial charge in [0.15, 0.2) is 0 Å². The van der Waals surface area contributed by atoms with E-state index >= 15 is 0 Å². The van der Waals surface area contributed by atoms with Gasteiger partial charge in [0.05, 0.1) is 12.7 Å². The number of nitrogens with two attached hydrogens (primary N) is 1. The van der Waals surface area contributed by atoms with Gasteiger partial charge in [-0.1, -0.05) is 13.8 Å². The highest BCUT2D eigenvalue weighted by Crippen LogP contribution is 2.58. The van der Waals surface area contributed by atoms with Gasteiger partial charge in [0.25, 0.3) is 0 Å². The Morgan fingerprint density at radius 3 is 2.86 bits per heavy atom. The Morgan fingerprint density at radius 1 is 1.48 bits per heavy atom. The van der Waals surface area contributed by atoms with Crippen LogP contribution in [-0.4, -0.2) is 69.5 Å². The van der Waals surface area contributed by atoms with Gasteiger partial charge >= 0.3 is 0 Å². The topological polar surface area (TPSA) is 76.8 Å². The van der Waals surface area contributed by atoms with E-state index in [0.29, 0.717) is 19.8 Å². The van der Waals surface area contributed by atoms with Gasteiger partial charge in [-0.15, -0.1) is 0 Å². The number of nitrogens with one attached hydrogen (secondary N) is 1. The summed E-state index contributed by atoms with van der Waals surface area (Å²) in [5, 5.41) is 3.00. The first-order valence-corrected chi connectivity index (χ1v) is 7.72. The zero-order chi connectivity index (χ0) is 15.7. The van der Waals surface area contributed by atoms with Gasteiger partial charge in [-0.05, 0) is 13.5 Å². The van der Waals surface area contributed by atoms with E-state index in [0.717, 1.165) is 19.5 Å². The van der Waals surface area contributed by atoms with E-state index in [9.17, 15) is 4.79 Å². The van der Waals surface area contributed by atoms with Crippen LogP contribution in [0.5, 0.6) is 0 Å². The van der Waals surface area contributed by atoms with E-state index in [1.807, 2.05) is 20.9 Å². The van der Waals surface area contributed by atoms with E-state index in [2.05, 4.69) is 10.2 Å². The summed E-state index contributed by atoms with van der Waals surface area (Å²) in [6.07, 6.45) is 1.00. The molecule has 3 N–H and O–H groups in total. The predicted molar refractivity (Wildman–Crippen MR) is 80.9 cm³/mol. The molecular formula is C15H29N3O3. The molecule has 3 unspecified atom stereocenters. The lowest BCUT2D eigenvalue weighted by Gasteiger charge is -2.60. The Kier molecular flexibility index (Phi) is 4.92. The van der Waals surface area contributed by atoms with Crippen LogP contribution < -0.4 is 11.1 Å². The van der Waals surface area contributed by atoms with Gasteiger partial charge in [-0.3, -0.25) is 4.79 Å². The maximum absolute atomic E-state index is 12.6. The van der Waals surface area contributed by atoms with Crippen LogP contribution in [0.1, 0.15) is 20.3 Å². The van der Waals surface area contributed by atoms with Gasteiger partial charge in [-0.2, -0.15) is 0 Å². The van der Waals surface area contributed by atoms with Gasteiger partial charge in [0.2, 0.25) is 5.91 Å². The molecule has 1 heterocycles. The molecule has 0 aromatic heterocycles. The summed E-state index contributed by atoms with van der Waals surface area (Å²) in [6.45, 7) is 7.71. The van der Waals surface area contributed by atoms with Crippen molar-refractivity contribution >= 4 is 5.91 Å². The van der Waals surface area contributed by atoms with E-state index in [-0.39, 0.29) is 23.3 Å². The predicted octanol–water partition coefficient (Wildman–Crippen LogP) is -0.177. The van der Waals surface area contributed by atoms with Crippen LogP contribution in [-0.2, 0) is 14.3 Å². The molecule has 1 saturated heterocycles. The van der Waals surface area contributed by atoms with Crippen LogP contribution in [0.3, 0.4) is 0 Å². The summed E-state index contributed by atoms with van der Waals surface area (Å²) in [4.78, 5) is 14.7. The molecule has 3 atom stereocenters. The lowest BCUT2D eigenvalue weighted by Crippen LogP contribution is -2.80. The smallest absolute Gasteiger partial charge is 0.241 e. The van der Waals surface area contributed by atoms with E-state index in [1.165, 1.54) is 0 Å². The van der Waals surface area contributed by atoms with E-state index in [4.69, 9.17) is 15.2 Å². The number of amides is 1. The summed E-state index contributed by atoms with van der Waals surface area (Å²) in [5.74, 6) is 0.109. The molecule has 0 spiro atoms. The molecule has 2 aliphatic rings.